The Bertz CT molecular complexity index is 456. The maximum atomic E-state index is 12.1. The second-order valence-electron chi connectivity index (χ2n) is 4.65. The fraction of sp³-hybridized carbons (Fsp3) is 0.500. The average Bonchev–Trinajstić information content (AvgIpc) is 2.53. The molecule has 0 fully saturated rings. The van der Waals surface area contributed by atoms with E-state index in [1.165, 1.54) is 7.11 Å². The highest BCUT2D eigenvalue weighted by Gasteiger charge is 2.13. The number of hydrogen-bond donors (Lipinski definition) is 0. The van der Waals surface area contributed by atoms with Crippen molar-refractivity contribution in [3.05, 3.63) is 29.8 Å². The number of nitrogens with zero attached hydrogens (tertiary/aromatic N) is 1. The van der Waals surface area contributed by atoms with Crippen LogP contribution in [0.15, 0.2) is 24.3 Å². The maximum absolute atomic E-state index is 12.1. The molecule has 0 bridgehead atoms. The first kappa shape index (κ1) is 17.0. The van der Waals surface area contributed by atoms with Crippen LogP contribution in [0.3, 0.4) is 0 Å². The van der Waals surface area contributed by atoms with Gasteiger partial charge in [-0.25, -0.2) is 0 Å². The summed E-state index contributed by atoms with van der Waals surface area (Å²) in [5.41, 5.74) is 1.09. The summed E-state index contributed by atoms with van der Waals surface area (Å²) in [4.78, 5) is 24.9. The number of benzene rings is 1. The molecule has 21 heavy (non-hydrogen) atoms. The van der Waals surface area contributed by atoms with E-state index < -0.39 is 0 Å². The molecule has 0 unspecified atom stereocenters. The third-order valence-electron chi connectivity index (χ3n) is 3.33. The summed E-state index contributed by atoms with van der Waals surface area (Å²) in [5.74, 6) is 0.562. The Morgan fingerprint density at radius 1 is 1.10 bits per heavy atom. The van der Waals surface area contributed by atoms with Crippen LogP contribution in [0.1, 0.15) is 25.3 Å². The summed E-state index contributed by atoms with van der Waals surface area (Å²) in [6.07, 6.45) is 1.34. The van der Waals surface area contributed by atoms with Gasteiger partial charge in [-0.15, -0.1) is 0 Å². The van der Waals surface area contributed by atoms with E-state index in [-0.39, 0.29) is 18.3 Å². The second kappa shape index (κ2) is 9.00. The SMILES string of the molecule is CCN(CCC(=O)OC)C(=O)CCc1ccc(OC)cc1. The molecule has 0 heterocycles. The molecule has 0 aromatic heterocycles. The minimum absolute atomic E-state index is 0.0530. The molecule has 1 aromatic rings. The van der Waals surface area contributed by atoms with Gasteiger partial charge in [0.2, 0.25) is 5.91 Å². The van der Waals surface area contributed by atoms with Gasteiger partial charge in [0.25, 0.3) is 0 Å². The van der Waals surface area contributed by atoms with Crippen molar-refractivity contribution in [3.63, 3.8) is 0 Å². The van der Waals surface area contributed by atoms with Crippen LogP contribution in [0.2, 0.25) is 0 Å². The van der Waals surface area contributed by atoms with Crippen LogP contribution in [0.25, 0.3) is 0 Å². The number of rotatable bonds is 8. The van der Waals surface area contributed by atoms with Gasteiger partial charge in [0.15, 0.2) is 0 Å². The van der Waals surface area contributed by atoms with Crippen LogP contribution < -0.4 is 4.74 Å². The largest absolute Gasteiger partial charge is 0.497 e. The molecule has 0 radical (unpaired) electrons. The lowest BCUT2D eigenvalue weighted by Crippen LogP contribution is -2.33. The number of hydrogen-bond acceptors (Lipinski definition) is 4. The lowest BCUT2D eigenvalue weighted by Gasteiger charge is -2.20. The fourth-order valence-corrected chi connectivity index (χ4v) is 1.99. The zero-order chi connectivity index (χ0) is 15.7. The van der Waals surface area contributed by atoms with Gasteiger partial charge >= 0.3 is 5.97 Å². The van der Waals surface area contributed by atoms with Crippen molar-refractivity contribution in [1.82, 2.24) is 4.90 Å². The fourth-order valence-electron chi connectivity index (χ4n) is 1.99. The van der Waals surface area contributed by atoms with Gasteiger partial charge in [-0.2, -0.15) is 0 Å². The first-order valence-corrected chi connectivity index (χ1v) is 7.08. The quantitative estimate of drug-likeness (QED) is 0.688. The topological polar surface area (TPSA) is 55.8 Å². The zero-order valence-corrected chi connectivity index (χ0v) is 12.9. The number of aryl methyl sites for hydroxylation is 1. The van der Waals surface area contributed by atoms with Gasteiger partial charge in [0.1, 0.15) is 5.75 Å². The monoisotopic (exact) mass is 293 g/mol. The van der Waals surface area contributed by atoms with E-state index in [2.05, 4.69) is 4.74 Å². The third-order valence-corrected chi connectivity index (χ3v) is 3.33. The molecule has 0 spiro atoms. The molecular weight excluding hydrogens is 270 g/mol. The van der Waals surface area contributed by atoms with Gasteiger partial charge in [-0.05, 0) is 31.0 Å². The van der Waals surface area contributed by atoms with Crippen LogP contribution in [-0.2, 0) is 20.7 Å². The smallest absolute Gasteiger partial charge is 0.307 e. The van der Waals surface area contributed by atoms with Crippen LogP contribution in [-0.4, -0.2) is 44.1 Å². The number of esters is 1. The molecule has 0 aliphatic carbocycles. The van der Waals surface area contributed by atoms with E-state index in [1.54, 1.807) is 12.0 Å². The van der Waals surface area contributed by atoms with Crippen LogP contribution >= 0.6 is 0 Å². The standard InChI is InChI=1S/C16H23NO4/c1-4-17(12-11-16(19)21-3)15(18)10-7-13-5-8-14(20-2)9-6-13/h5-6,8-9H,4,7,10-12H2,1-3H3. The Balaban J connectivity index is 2.44. The first-order valence-electron chi connectivity index (χ1n) is 7.08. The highest BCUT2D eigenvalue weighted by Crippen LogP contribution is 2.13. The van der Waals surface area contributed by atoms with E-state index in [0.29, 0.717) is 25.9 Å². The van der Waals surface area contributed by atoms with E-state index in [9.17, 15) is 9.59 Å². The van der Waals surface area contributed by atoms with Gasteiger partial charge in [0, 0.05) is 19.5 Å². The normalized spacial score (nSPS) is 10.0. The molecule has 5 nitrogen and oxygen atoms in total. The summed E-state index contributed by atoms with van der Waals surface area (Å²) in [6.45, 7) is 2.91. The predicted molar refractivity (Wildman–Crippen MR) is 80.2 cm³/mol. The summed E-state index contributed by atoms with van der Waals surface area (Å²) in [7, 11) is 2.98. The van der Waals surface area contributed by atoms with Crippen molar-refractivity contribution in [3.8, 4) is 5.75 Å². The average molecular weight is 293 g/mol. The Labute approximate surface area is 125 Å². The molecule has 1 amide bonds. The minimum atomic E-state index is -0.295. The van der Waals surface area contributed by atoms with Crippen LogP contribution in [0.5, 0.6) is 5.75 Å². The second-order valence-corrected chi connectivity index (χ2v) is 4.65. The van der Waals surface area contributed by atoms with Crippen molar-refractivity contribution in [2.24, 2.45) is 0 Å². The predicted octanol–water partition coefficient (Wildman–Crippen LogP) is 2.04. The van der Waals surface area contributed by atoms with Gasteiger partial charge in [-0.3, -0.25) is 9.59 Å². The molecule has 0 saturated carbocycles. The summed E-state index contributed by atoms with van der Waals surface area (Å²) in [6, 6.07) is 7.68. The lowest BCUT2D eigenvalue weighted by atomic mass is 10.1. The van der Waals surface area contributed by atoms with Gasteiger partial charge in [-0.1, -0.05) is 12.1 Å². The minimum Gasteiger partial charge on any atom is -0.497 e. The van der Waals surface area contributed by atoms with Crippen LogP contribution in [0, 0.1) is 0 Å². The summed E-state index contributed by atoms with van der Waals surface area (Å²) in [5, 5.41) is 0. The Hall–Kier alpha value is -2.04. The van der Waals surface area contributed by atoms with Crippen LogP contribution in [0.4, 0.5) is 0 Å². The number of methoxy groups -OCH3 is 2. The van der Waals surface area contributed by atoms with E-state index in [4.69, 9.17) is 4.74 Å². The highest BCUT2D eigenvalue weighted by atomic mass is 16.5. The van der Waals surface area contributed by atoms with Gasteiger partial charge < -0.3 is 14.4 Å². The van der Waals surface area contributed by atoms with Gasteiger partial charge in [0.05, 0.1) is 20.6 Å². The van der Waals surface area contributed by atoms with E-state index in [0.717, 1.165) is 11.3 Å². The molecule has 1 rings (SSSR count). The molecule has 0 aliphatic rings. The molecule has 1 aromatic carbocycles. The number of ether oxygens (including phenoxy) is 2. The number of amides is 1. The summed E-state index contributed by atoms with van der Waals surface area (Å²) >= 11 is 0. The van der Waals surface area contributed by atoms with E-state index in [1.807, 2.05) is 31.2 Å². The Morgan fingerprint density at radius 3 is 2.29 bits per heavy atom. The summed E-state index contributed by atoms with van der Waals surface area (Å²) < 4.78 is 9.68. The van der Waals surface area contributed by atoms with Crippen molar-refractivity contribution < 1.29 is 19.1 Å². The van der Waals surface area contributed by atoms with Crippen molar-refractivity contribution in [2.45, 2.75) is 26.2 Å². The Kier molecular flexibility index (Phi) is 7.29. The molecule has 0 saturated heterocycles. The van der Waals surface area contributed by atoms with Crippen molar-refractivity contribution >= 4 is 11.9 Å². The molecule has 0 aliphatic heterocycles. The maximum Gasteiger partial charge on any atom is 0.307 e. The molecule has 0 N–H and O–H groups in total. The lowest BCUT2D eigenvalue weighted by molar-refractivity contribution is -0.141. The number of carbonyl (C=O) groups is 2. The van der Waals surface area contributed by atoms with Crippen molar-refractivity contribution in [2.75, 3.05) is 27.3 Å². The first-order chi connectivity index (χ1) is 10.1. The molecular formula is C16H23NO4. The molecule has 5 heteroatoms. The number of carbonyl (C=O) groups excluding carboxylic acids is 2. The van der Waals surface area contributed by atoms with E-state index >= 15 is 0 Å². The highest BCUT2D eigenvalue weighted by molar-refractivity contribution is 5.77. The molecule has 116 valence electrons. The van der Waals surface area contributed by atoms with Crippen molar-refractivity contribution in [1.29, 1.82) is 0 Å². The molecule has 0 atom stereocenters. The zero-order valence-electron chi connectivity index (χ0n) is 12.9. The third kappa shape index (κ3) is 5.85. The Morgan fingerprint density at radius 2 is 1.76 bits per heavy atom.